The molecule has 0 radical (unpaired) electrons. The molecule has 100 valence electrons. The van der Waals surface area contributed by atoms with Gasteiger partial charge in [0.25, 0.3) is 0 Å². The van der Waals surface area contributed by atoms with Crippen molar-refractivity contribution in [2.75, 3.05) is 13.2 Å². The molecule has 2 heteroatoms. The normalized spacial score (nSPS) is 39.5. The Hall–Kier alpha value is -0.0800. The Balaban J connectivity index is 1.89. The molecule has 0 spiro atoms. The molecule has 0 bridgehead atoms. The van der Waals surface area contributed by atoms with Gasteiger partial charge in [-0.05, 0) is 43.4 Å². The van der Waals surface area contributed by atoms with Crippen LogP contribution in [-0.2, 0) is 4.74 Å². The number of hydrogen-bond acceptors (Lipinski definition) is 2. The Labute approximate surface area is 107 Å². The van der Waals surface area contributed by atoms with Crippen LogP contribution in [0.4, 0.5) is 0 Å². The van der Waals surface area contributed by atoms with E-state index in [9.17, 15) is 0 Å². The molecule has 1 aliphatic heterocycles. The highest BCUT2D eigenvalue weighted by molar-refractivity contribution is 4.88. The van der Waals surface area contributed by atoms with Crippen molar-refractivity contribution in [2.24, 2.45) is 17.8 Å². The van der Waals surface area contributed by atoms with Gasteiger partial charge < -0.3 is 10.1 Å². The first-order chi connectivity index (χ1) is 8.16. The van der Waals surface area contributed by atoms with Crippen molar-refractivity contribution in [3.8, 4) is 0 Å². The fraction of sp³-hybridized carbons (Fsp3) is 1.00. The lowest BCUT2D eigenvalue weighted by Gasteiger charge is -2.40. The molecular formula is C15H29NO. The second kappa shape index (κ2) is 6.19. The summed E-state index contributed by atoms with van der Waals surface area (Å²) in [7, 11) is 0. The molecule has 0 amide bonds. The Bertz CT molecular complexity index is 223. The largest absolute Gasteiger partial charge is 0.380 e. The molecular weight excluding hydrogens is 210 g/mol. The van der Waals surface area contributed by atoms with Gasteiger partial charge in [-0.3, -0.25) is 0 Å². The summed E-state index contributed by atoms with van der Waals surface area (Å²) in [6, 6.07) is 1.34. The fourth-order valence-electron chi connectivity index (χ4n) is 3.57. The highest BCUT2D eigenvalue weighted by atomic mass is 16.5. The highest BCUT2D eigenvalue weighted by Gasteiger charge is 2.32. The van der Waals surface area contributed by atoms with Crippen molar-refractivity contribution in [1.29, 1.82) is 0 Å². The maximum absolute atomic E-state index is 5.58. The molecule has 2 nitrogen and oxygen atoms in total. The van der Waals surface area contributed by atoms with E-state index in [4.69, 9.17) is 4.74 Å². The standard InChI is InChI=1S/C15H29NO/c1-11(2)14-7-6-12(3)9-15(14)16-13-5-4-8-17-10-13/h11-16H,4-10H2,1-3H3. The van der Waals surface area contributed by atoms with Crippen LogP contribution in [0.5, 0.6) is 0 Å². The van der Waals surface area contributed by atoms with Gasteiger partial charge in [0.05, 0.1) is 6.61 Å². The lowest BCUT2D eigenvalue weighted by Crippen LogP contribution is -2.49. The zero-order chi connectivity index (χ0) is 12.3. The summed E-state index contributed by atoms with van der Waals surface area (Å²) in [6.45, 7) is 9.06. The molecule has 2 aliphatic rings. The first kappa shape index (κ1) is 13.4. The lowest BCUT2D eigenvalue weighted by molar-refractivity contribution is 0.0531. The van der Waals surface area contributed by atoms with Crippen molar-refractivity contribution in [3.05, 3.63) is 0 Å². The van der Waals surface area contributed by atoms with E-state index in [1.165, 1.54) is 32.1 Å². The number of nitrogens with one attached hydrogen (secondary N) is 1. The van der Waals surface area contributed by atoms with E-state index in [1.807, 2.05) is 0 Å². The Morgan fingerprint density at radius 3 is 2.65 bits per heavy atom. The van der Waals surface area contributed by atoms with Crippen LogP contribution in [0.15, 0.2) is 0 Å². The van der Waals surface area contributed by atoms with Crippen LogP contribution in [-0.4, -0.2) is 25.3 Å². The summed E-state index contributed by atoms with van der Waals surface area (Å²) in [4.78, 5) is 0. The second-order valence-corrected chi connectivity index (χ2v) is 6.51. The SMILES string of the molecule is CC1CCC(C(C)C)C(NC2CCCOC2)C1. The van der Waals surface area contributed by atoms with Crippen LogP contribution >= 0.6 is 0 Å². The maximum Gasteiger partial charge on any atom is 0.0619 e. The molecule has 2 fully saturated rings. The molecule has 0 aromatic rings. The fourth-order valence-corrected chi connectivity index (χ4v) is 3.57. The smallest absolute Gasteiger partial charge is 0.0619 e. The van der Waals surface area contributed by atoms with Crippen LogP contribution in [0.25, 0.3) is 0 Å². The summed E-state index contributed by atoms with van der Waals surface area (Å²) in [5.41, 5.74) is 0. The van der Waals surface area contributed by atoms with Crippen molar-refractivity contribution in [3.63, 3.8) is 0 Å². The van der Waals surface area contributed by atoms with E-state index in [0.717, 1.165) is 37.0 Å². The van der Waals surface area contributed by atoms with Gasteiger partial charge >= 0.3 is 0 Å². The van der Waals surface area contributed by atoms with E-state index >= 15 is 0 Å². The van der Waals surface area contributed by atoms with Crippen LogP contribution < -0.4 is 5.32 Å². The van der Waals surface area contributed by atoms with Gasteiger partial charge in [-0.2, -0.15) is 0 Å². The van der Waals surface area contributed by atoms with Gasteiger partial charge in [0.1, 0.15) is 0 Å². The zero-order valence-electron chi connectivity index (χ0n) is 11.7. The monoisotopic (exact) mass is 239 g/mol. The molecule has 1 heterocycles. The number of rotatable bonds is 3. The van der Waals surface area contributed by atoms with Gasteiger partial charge in [0.15, 0.2) is 0 Å². The number of ether oxygens (including phenoxy) is 1. The molecule has 1 N–H and O–H groups in total. The molecule has 2 rings (SSSR count). The maximum atomic E-state index is 5.58. The van der Waals surface area contributed by atoms with Gasteiger partial charge in [0, 0.05) is 18.7 Å². The van der Waals surface area contributed by atoms with Gasteiger partial charge in [-0.15, -0.1) is 0 Å². The summed E-state index contributed by atoms with van der Waals surface area (Å²) < 4.78 is 5.58. The summed E-state index contributed by atoms with van der Waals surface area (Å²) in [5.74, 6) is 2.57. The Morgan fingerprint density at radius 1 is 1.18 bits per heavy atom. The first-order valence-electron chi connectivity index (χ1n) is 7.50. The summed E-state index contributed by atoms with van der Waals surface area (Å²) in [6.07, 6.45) is 6.72. The molecule has 4 unspecified atom stereocenters. The van der Waals surface area contributed by atoms with Crippen molar-refractivity contribution in [2.45, 2.75) is 65.0 Å². The molecule has 0 aromatic heterocycles. The van der Waals surface area contributed by atoms with Crippen LogP contribution in [0.3, 0.4) is 0 Å². The van der Waals surface area contributed by atoms with E-state index in [0.29, 0.717) is 6.04 Å². The molecule has 0 aromatic carbocycles. The van der Waals surface area contributed by atoms with Crippen molar-refractivity contribution >= 4 is 0 Å². The molecule has 1 aliphatic carbocycles. The predicted octanol–water partition coefficient (Wildman–Crippen LogP) is 3.22. The topological polar surface area (TPSA) is 21.3 Å². The minimum atomic E-state index is 0.611. The molecule has 4 atom stereocenters. The first-order valence-corrected chi connectivity index (χ1v) is 7.50. The Morgan fingerprint density at radius 2 is 2.00 bits per heavy atom. The molecule has 1 saturated carbocycles. The third kappa shape index (κ3) is 3.69. The molecule has 17 heavy (non-hydrogen) atoms. The third-order valence-electron chi connectivity index (χ3n) is 4.63. The van der Waals surface area contributed by atoms with Crippen molar-refractivity contribution < 1.29 is 4.74 Å². The van der Waals surface area contributed by atoms with Crippen molar-refractivity contribution in [1.82, 2.24) is 5.32 Å². The lowest BCUT2D eigenvalue weighted by atomic mass is 9.73. The zero-order valence-corrected chi connectivity index (χ0v) is 11.7. The van der Waals surface area contributed by atoms with Crippen LogP contribution in [0.1, 0.15) is 52.9 Å². The predicted molar refractivity (Wildman–Crippen MR) is 72.1 cm³/mol. The highest BCUT2D eigenvalue weighted by Crippen LogP contribution is 2.34. The van der Waals surface area contributed by atoms with Gasteiger partial charge in [0.2, 0.25) is 0 Å². The average molecular weight is 239 g/mol. The quantitative estimate of drug-likeness (QED) is 0.816. The third-order valence-corrected chi connectivity index (χ3v) is 4.63. The van der Waals surface area contributed by atoms with E-state index in [1.54, 1.807) is 0 Å². The van der Waals surface area contributed by atoms with Crippen LogP contribution in [0.2, 0.25) is 0 Å². The number of hydrogen-bond donors (Lipinski definition) is 1. The minimum Gasteiger partial charge on any atom is -0.380 e. The van der Waals surface area contributed by atoms with E-state index < -0.39 is 0 Å². The van der Waals surface area contributed by atoms with E-state index in [-0.39, 0.29) is 0 Å². The van der Waals surface area contributed by atoms with Gasteiger partial charge in [-0.1, -0.05) is 27.2 Å². The average Bonchev–Trinajstić information content (AvgIpc) is 2.30. The summed E-state index contributed by atoms with van der Waals surface area (Å²) in [5, 5.41) is 3.89. The molecule has 1 saturated heterocycles. The minimum absolute atomic E-state index is 0.611. The Kier molecular flexibility index (Phi) is 4.87. The van der Waals surface area contributed by atoms with E-state index in [2.05, 4.69) is 26.1 Å². The summed E-state index contributed by atoms with van der Waals surface area (Å²) >= 11 is 0. The van der Waals surface area contributed by atoms with Crippen LogP contribution in [0, 0.1) is 17.8 Å². The second-order valence-electron chi connectivity index (χ2n) is 6.51. The van der Waals surface area contributed by atoms with Gasteiger partial charge in [-0.25, -0.2) is 0 Å².